The Labute approximate surface area is 168 Å². The molecule has 0 aliphatic carbocycles. The molecule has 0 aliphatic rings. The molecule has 0 aromatic heterocycles. The third-order valence-electron chi connectivity index (χ3n) is 4.15. The van der Waals surface area contributed by atoms with Gasteiger partial charge in [-0.05, 0) is 50.2 Å². The van der Waals surface area contributed by atoms with Crippen molar-refractivity contribution in [2.45, 2.75) is 20.0 Å². The summed E-state index contributed by atoms with van der Waals surface area (Å²) in [6.45, 7) is 3.62. The maximum absolute atomic E-state index is 12.8. The first-order chi connectivity index (χ1) is 13.7. The van der Waals surface area contributed by atoms with E-state index in [1.165, 1.54) is 12.1 Å². The van der Waals surface area contributed by atoms with Crippen LogP contribution in [-0.2, 0) is 11.0 Å². The maximum Gasteiger partial charge on any atom is 0.416 e. The highest BCUT2D eigenvalue weighted by molar-refractivity contribution is 5.90. The van der Waals surface area contributed by atoms with Crippen molar-refractivity contribution in [2.24, 2.45) is 4.99 Å². The van der Waals surface area contributed by atoms with Crippen LogP contribution < -0.4 is 5.32 Å². The number of halogens is 3. The Morgan fingerprint density at radius 1 is 1.10 bits per heavy atom. The molecule has 1 N–H and O–H groups in total. The third-order valence-corrected chi connectivity index (χ3v) is 4.15. The molecule has 2 aromatic rings. The molecule has 2 aromatic carbocycles. The van der Waals surface area contributed by atoms with E-state index in [-0.39, 0.29) is 0 Å². The van der Waals surface area contributed by atoms with E-state index in [1.54, 1.807) is 50.3 Å². The first-order valence-electron chi connectivity index (χ1n) is 8.87. The molecule has 0 aliphatic heterocycles. The summed E-state index contributed by atoms with van der Waals surface area (Å²) < 4.78 is 38.4. The second-order valence-corrected chi connectivity index (χ2v) is 6.37. The molecule has 0 radical (unpaired) electrons. The fourth-order valence-electron chi connectivity index (χ4n) is 2.76. The van der Waals surface area contributed by atoms with Crippen LogP contribution in [0.5, 0.6) is 0 Å². The van der Waals surface area contributed by atoms with Crippen molar-refractivity contribution < 1.29 is 18.0 Å². The number of nitrogens with one attached hydrogen (secondary N) is 1. The number of benzene rings is 2. The van der Waals surface area contributed by atoms with Gasteiger partial charge < -0.3 is 10.2 Å². The van der Waals surface area contributed by atoms with E-state index in [1.807, 2.05) is 18.9 Å². The van der Waals surface area contributed by atoms with Gasteiger partial charge in [0, 0.05) is 42.8 Å². The minimum Gasteiger partial charge on any atom is -0.368 e. The highest BCUT2D eigenvalue weighted by atomic mass is 19.4. The van der Waals surface area contributed by atoms with Crippen LogP contribution in [0.2, 0.25) is 0 Å². The Bertz CT molecular complexity index is 968. The number of hydrogen-bond donors (Lipinski definition) is 1. The van der Waals surface area contributed by atoms with E-state index < -0.39 is 11.7 Å². The van der Waals surface area contributed by atoms with Gasteiger partial charge in [-0.3, -0.25) is 4.99 Å². The van der Waals surface area contributed by atoms with E-state index >= 15 is 0 Å². The van der Waals surface area contributed by atoms with Crippen molar-refractivity contribution in [3.05, 3.63) is 65.2 Å². The van der Waals surface area contributed by atoms with Crippen LogP contribution in [0.1, 0.15) is 30.5 Å². The van der Waals surface area contributed by atoms with E-state index in [4.69, 9.17) is 0 Å². The van der Waals surface area contributed by atoms with Gasteiger partial charge in [0.1, 0.15) is 5.70 Å². The summed E-state index contributed by atoms with van der Waals surface area (Å²) in [6, 6.07) is 10.1. The zero-order valence-corrected chi connectivity index (χ0v) is 16.6. The molecule has 0 atom stereocenters. The summed E-state index contributed by atoms with van der Waals surface area (Å²) in [5.74, 6) is 1.93. The van der Waals surface area contributed by atoms with Gasteiger partial charge in [-0.25, -0.2) is 4.79 Å². The van der Waals surface area contributed by atoms with Gasteiger partial charge in [0.05, 0.1) is 11.3 Å². The topological polar surface area (TPSA) is 44.7 Å². The first-order valence-corrected chi connectivity index (χ1v) is 8.87. The molecule has 2 rings (SSSR count). The Balaban J connectivity index is 2.51. The first kappa shape index (κ1) is 22.0. The number of nitrogens with zero attached hydrogens (tertiary/aromatic N) is 2. The summed E-state index contributed by atoms with van der Waals surface area (Å²) in [5, 5.41) is 3.13. The average molecular weight is 401 g/mol. The lowest BCUT2D eigenvalue weighted by atomic mass is 10.0. The smallest absolute Gasteiger partial charge is 0.368 e. The number of anilines is 2. The van der Waals surface area contributed by atoms with Gasteiger partial charge >= 0.3 is 6.18 Å². The number of rotatable bonds is 6. The highest BCUT2D eigenvalue weighted by Crippen LogP contribution is 2.33. The number of alkyl halides is 3. The lowest BCUT2D eigenvalue weighted by Gasteiger charge is -2.18. The van der Waals surface area contributed by atoms with Crippen LogP contribution in [-0.4, -0.2) is 31.2 Å². The summed E-state index contributed by atoms with van der Waals surface area (Å²) in [4.78, 5) is 17.4. The zero-order chi connectivity index (χ0) is 21.6. The molecule has 0 amide bonds. The van der Waals surface area contributed by atoms with E-state index in [0.717, 1.165) is 12.1 Å². The van der Waals surface area contributed by atoms with Gasteiger partial charge in [-0.1, -0.05) is 12.1 Å². The SMILES string of the molecule is CC=N/C(=C\C)c1cc(C(=C=O)N(C)C)ccc1Nc1ccc(C(F)(F)F)cc1. The molecule has 0 saturated carbocycles. The molecular weight excluding hydrogens is 379 g/mol. The lowest BCUT2D eigenvalue weighted by Crippen LogP contribution is -2.11. The lowest BCUT2D eigenvalue weighted by molar-refractivity contribution is -0.137. The maximum atomic E-state index is 12.8. The van der Waals surface area contributed by atoms with E-state index in [2.05, 4.69) is 10.3 Å². The van der Waals surface area contributed by atoms with Crippen molar-refractivity contribution in [1.29, 1.82) is 0 Å². The van der Waals surface area contributed by atoms with E-state index in [9.17, 15) is 18.0 Å². The second-order valence-electron chi connectivity index (χ2n) is 6.37. The van der Waals surface area contributed by atoms with Crippen molar-refractivity contribution in [2.75, 3.05) is 19.4 Å². The van der Waals surface area contributed by atoms with Crippen LogP contribution in [0.3, 0.4) is 0 Å². The van der Waals surface area contributed by atoms with Crippen LogP contribution in [0, 0.1) is 0 Å². The number of carbonyl (C=O) groups excluding carboxylic acids is 1. The zero-order valence-electron chi connectivity index (χ0n) is 16.6. The molecule has 0 spiro atoms. The predicted molar refractivity (Wildman–Crippen MR) is 112 cm³/mol. The monoisotopic (exact) mass is 401 g/mol. The average Bonchev–Trinajstić information content (AvgIpc) is 2.67. The van der Waals surface area contributed by atoms with E-state index in [0.29, 0.717) is 33.9 Å². The molecule has 0 saturated heterocycles. The Hall–Kier alpha value is -3.31. The number of aliphatic imine (C=N–C) groups is 1. The predicted octanol–water partition coefficient (Wildman–Crippen LogP) is 5.63. The minimum absolute atomic E-state index is 0.378. The molecule has 0 bridgehead atoms. The molecule has 4 nitrogen and oxygen atoms in total. The summed E-state index contributed by atoms with van der Waals surface area (Å²) in [6.07, 6.45) is -0.924. The van der Waals surface area contributed by atoms with Crippen molar-refractivity contribution in [3.8, 4) is 0 Å². The van der Waals surface area contributed by atoms with Gasteiger partial charge in [0.2, 0.25) is 0 Å². The van der Waals surface area contributed by atoms with Gasteiger partial charge in [-0.2, -0.15) is 13.2 Å². The van der Waals surface area contributed by atoms with Gasteiger partial charge in [0.25, 0.3) is 0 Å². The Kier molecular flexibility index (Phi) is 7.02. The van der Waals surface area contributed by atoms with Crippen LogP contribution in [0.4, 0.5) is 24.5 Å². The largest absolute Gasteiger partial charge is 0.416 e. The van der Waals surface area contributed by atoms with Crippen LogP contribution in [0.15, 0.2) is 53.5 Å². The fraction of sp³-hybridized carbons (Fsp3) is 0.227. The standard InChI is InChI=1S/C22H22F3N3O/c1-5-19(26-6-2)18-13-15(21(14-29)28(3)4)7-12-20(18)27-17-10-8-16(9-11-17)22(23,24)25/h5-13,27H,1-4H3/b19-5-,26-6?. The van der Waals surface area contributed by atoms with Crippen molar-refractivity contribution in [1.82, 2.24) is 4.90 Å². The summed E-state index contributed by atoms with van der Waals surface area (Å²) in [5.41, 5.74) is 2.84. The summed E-state index contributed by atoms with van der Waals surface area (Å²) >= 11 is 0. The van der Waals surface area contributed by atoms with Crippen LogP contribution >= 0.6 is 0 Å². The van der Waals surface area contributed by atoms with Gasteiger partial charge in [0.15, 0.2) is 5.94 Å². The Morgan fingerprint density at radius 3 is 2.24 bits per heavy atom. The second kappa shape index (κ2) is 9.26. The molecule has 0 heterocycles. The molecule has 0 unspecified atom stereocenters. The summed E-state index contributed by atoms with van der Waals surface area (Å²) in [7, 11) is 3.49. The number of allylic oxidation sites excluding steroid dienone is 1. The molecule has 0 fully saturated rings. The van der Waals surface area contributed by atoms with Crippen LogP contribution in [0.25, 0.3) is 11.4 Å². The molecule has 152 valence electrons. The van der Waals surface area contributed by atoms with Crippen molar-refractivity contribution in [3.63, 3.8) is 0 Å². The fourth-order valence-corrected chi connectivity index (χ4v) is 2.76. The van der Waals surface area contributed by atoms with Gasteiger partial charge in [-0.15, -0.1) is 0 Å². The van der Waals surface area contributed by atoms with Crippen molar-refractivity contribution >= 4 is 34.9 Å². The number of hydrogen-bond acceptors (Lipinski definition) is 4. The minimum atomic E-state index is -4.39. The highest BCUT2D eigenvalue weighted by Gasteiger charge is 2.29. The third kappa shape index (κ3) is 5.36. The Morgan fingerprint density at radius 2 is 1.76 bits per heavy atom. The molecule has 29 heavy (non-hydrogen) atoms. The molecular formula is C22H22F3N3O. The molecule has 7 heteroatoms. The quantitative estimate of drug-likeness (QED) is 0.504. The normalized spacial score (nSPS) is 12.0.